The van der Waals surface area contributed by atoms with Crippen LogP contribution in [-0.4, -0.2) is 23.0 Å². The van der Waals surface area contributed by atoms with E-state index in [9.17, 15) is 9.59 Å². The van der Waals surface area contributed by atoms with Crippen LogP contribution in [0.1, 0.15) is 26.3 Å². The van der Waals surface area contributed by atoms with Crippen LogP contribution in [-0.2, 0) is 20.7 Å². The van der Waals surface area contributed by atoms with Gasteiger partial charge in [0.2, 0.25) is 0 Å². The highest BCUT2D eigenvalue weighted by Gasteiger charge is 2.18. The van der Waals surface area contributed by atoms with Gasteiger partial charge in [-0.1, -0.05) is 37.3 Å². The fourth-order valence-electron chi connectivity index (χ4n) is 1.99. The zero-order chi connectivity index (χ0) is 17.5. The lowest BCUT2D eigenvalue weighted by molar-refractivity contribution is -0.148. The van der Waals surface area contributed by atoms with Gasteiger partial charge >= 0.3 is 5.97 Å². The molecule has 1 aromatic heterocycles. The fraction of sp³-hybridized carbons (Fsp3) is 0.278. The maximum absolute atomic E-state index is 12.0. The van der Waals surface area contributed by atoms with Crippen molar-refractivity contribution in [3.8, 4) is 11.3 Å². The van der Waals surface area contributed by atoms with E-state index in [0.717, 1.165) is 17.7 Å². The molecule has 0 bridgehead atoms. The molecule has 1 heterocycles. The quantitative estimate of drug-likeness (QED) is 0.639. The highest BCUT2D eigenvalue weighted by molar-refractivity contribution is 7.14. The predicted octanol–water partition coefficient (Wildman–Crippen LogP) is 3.82. The topological polar surface area (TPSA) is 68.3 Å². The molecule has 126 valence electrons. The number of rotatable bonds is 6. The molecule has 1 atom stereocenters. The molecular weight excluding hydrogens is 324 g/mol. The zero-order valence-corrected chi connectivity index (χ0v) is 14.7. The molecule has 0 saturated carbocycles. The fourth-order valence-corrected chi connectivity index (χ4v) is 2.71. The number of esters is 1. The average molecular weight is 344 g/mol. The van der Waals surface area contributed by atoms with Gasteiger partial charge in [-0.15, -0.1) is 11.3 Å². The van der Waals surface area contributed by atoms with Crippen LogP contribution in [0.25, 0.3) is 11.3 Å². The molecule has 1 aromatic carbocycles. The van der Waals surface area contributed by atoms with Crippen molar-refractivity contribution in [2.24, 2.45) is 0 Å². The molecule has 0 saturated heterocycles. The van der Waals surface area contributed by atoms with E-state index in [1.165, 1.54) is 29.9 Å². The van der Waals surface area contributed by atoms with Crippen LogP contribution in [0.5, 0.6) is 0 Å². The number of hydrogen-bond donors (Lipinski definition) is 1. The molecule has 0 fully saturated rings. The Morgan fingerprint density at radius 2 is 2.04 bits per heavy atom. The largest absolute Gasteiger partial charge is 0.449 e. The number of ether oxygens (including phenoxy) is 1. The summed E-state index contributed by atoms with van der Waals surface area (Å²) >= 11 is 1.33. The molecule has 24 heavy (non-hydrogen) atoms. The molecule has 1 N–H and O–H groups in total. The zero-order valence-electron chi connectivity index (χ0n) is 13.9. The molecular formula is C18H20N2O3S. The van der Waals surface area contributed by atoms with Gasteiger partial charge in [-0.3, -0.25) is 10.1 Å². The van der Waals surface area contributed by atoms with Crippen molar-refractivity contribution in [1.82, 2.24) is 4.98 Å². The van der Waals surface area contributed by atoms with Crippen LogP contribution in [0, 0.1) is 0 Å². The van der Waals surface area contributed by atoms with E-state index < -0.39 is 18.0 Å². The second-order valence-corrected chi connectivity index (χ2v) is 6.01. The Morgan fingerprint density at radius 1 is 1.33 bits per heavy atom. The van der Waals surface area contributed by atoms with Gasteiger partial charge in [0.05, 0.1) is 5.69 Å². The number of carbonyl (C=O) groups excluding carboxylic acids is 2. The van der Waals surface area contributed by atoms with E-state index >= 15 is 0 Å². The van der Waals surface area contributed by atoms with Gasteiger partial charge in [0, 0.05) is 17.0 Å². The average Bonchev–Trinajstić information content (AvgIpc) is 3.03. The van der Waals surface area contributed by atoms with Crippen molar-refractivity contribution in [3.63, 3.8) is 0 Å². The van der Waals surface area contributed by atoms with Gasteiger partial charge in [0.25, 0.3) is 5.91 Å². The number of aromatic nitrogens is 1. The number of carbonyl (C=O) groups is 2. The normalized spacial score (nSPS) is 12.1. The SMILES string of the molecule is C/C=C/C(=O)O[C@@H](C)C(=O)Nc1nc(-c2ccc(CC)cc2)cs1. The molecule has 0 aliphatic carbocycles. The third kappa shape index (κ3) is 4.76. The van der Waals surface area contributed by atoms with Crippen LogP contribution >= 0.6 is 11.3 Å². The third-order valence-corrected chi connectivity index (χ3v) is 4.11. The highest BCUT2D eigenvalue weighted by Crippen LogP contribution is 2.25. The highest BCUT2D eigenvalue weighted by atomic mass is 32.1. The minimum absolute atomic E-state index is 0.407. The van der Waals surface area contributed by atoms with E-state index in [-0.39, 0.29) is 0 Å². The Labute approximate surface area is 145 Å². The lowest BCUT2D eigenvalue weighted by Gasteiger charge is -2.10. The number of nitrogens with one attached hydrogen (secondary N) is 1. The Hall–Kier alpha value is -2.47. The van der Waals surface area contributed by atoms with E-state index in [1.807, 2.05) is 17.5 Å². The first kappa shape index (κ1) is 17.9. The van der Waals surface area contributed by atoms with Crippen molar-refractivity contribution < 1.29 is 14.3 Å². The summed E-state index contributed by atoms with van der Waals surface area (Å²) < 4.78 is 4.98. The monoisotopic (exact) mass is 344 g/mol. The molecule has 0 aliphatic heterocycles. The van der Waals surface area contributed by atoms with Gasteiger partial charge in [-0.2, -0.15) is 0 Å². The van der Waals surface area contributed by atoms with E-state index in [1.54, 1.807) is 13.0 Å². The summed E-state index contributed by atoms with van der Waals surface area (Å²) in [6.07, 6.45) is 2.93. The third-order valence-electron chi connectivity index (χ3n) is 3.36. The summed E-state index contributed by atoms with van der Waals surface area (Å²) in [5.41, 5.74) is 3.06. The van der Waals surface area contributed by atoms with Crippen LogP contribution in [0.2, 0.25) is 0 Å². The lowest BCUT2D eigenvalue weighted by Crippen LogP contribution is -2.29. The summed E-state index contributed by atoms with van der Waals surface area (Å²) in [6, 6.07) is 8.16. The van der Waals surface area contributed by atoms with Crippen molar-refractivity contribution in [2.45, 2.75) is 33.3 Å². The maximum atomic E-state index is 12.0. The molecule has 0 unspecified atom stereocenters. The van der Waals surface area contributed by atoms with Gasteiger partial charge in [-0.05, 0) is 25.8 Å². The summed E-state index contributed by atoms with van der Waals surface area (Å²) in [7, 11) is 0. The van der Waals surface area contributed by atoms with Crippen LogP contribution in [0.4, 0.5) is 5.13 Å². The number of nitrogens with zero attached hydrogens (tertiary/aromatic N) is 1. The molecule has 1 amide bonds. The molecule has 0 aliphatic rings. The minimum Gasteiger partial charge on any atom is -0.449 e. The van der Waals surface area contributed by atoms with E-state index in [2.05, 4.69) is 29.4 Å². The molecule has 6 heteroatoms. The smallest absolute Gasteiger partial charge is 0.331 e. The molecule has 2 rings (SSSR count). The van der Waals surface area contributed by atoms with Crippen LogP contribution in [0.3, 0.4) is 0 Å². The second-order valence-electron chi connectivity index (χ2n) is 5.16. The van der Waals surface area contributed by atoms with Gasteiger partial charge in [0.15, 0.2) is 11.2 Å². The molecule has 0 spiro atoms. The Bertz CT molecular complexity index is 735. The number of hydrogen-bond acceptors (Lipinski definition) is 5. The summed E-state index contributed by atoms with van der Waals surface area (Å²) in [5.74, 6) is -0.953. The minimum atomic E-state index is -0.884. The summed E-state index contributed by atoms with van der Waals surface area (Å²) in [4.78, 5) is 27.8. The van der Waals surface area contributed by atoms with Gasteiger partial charge in [-0.25, -0.2) is 9.78 Å². The maximum Gasteiger partial charge on any atom is 0.331 e. The Kier molecular flexibility index (Phi) is 6.26. The first-order chi connectivity index (χ1) is 11.5. The number of anilines is 1. The molecule has 0 radical (unpaired) electrons. The number of thiazole rings is 1. The van der Waals surface area contributed by atoms with Crippen LogP contribution in [0.15, 0.2) is 41.8 Å². The van der Waals surface area contributed by atoms with E-state index in [0.29, 0.717) is 5.13 Å². The van der Waals surface area contributed by atoms with Crippen molar-refractivity contribution in [3.05, 3.63) is 47.4 Å². The predicted molar refractivity (Wildman–Crippen MR) is 95.9 cm³/mol. The van der Waals surface area contributed by atoms with Gasteiger partial charge < -0.3 is 4.74 Å². The van der Waals surface area contributed by atoms with Crippen molar-refractivity contribution in [1.29, 1.82) is 0 Å². The second kappa shape index (κ2) is 8.40. The number of allylic oxidation sites excluding steroid dienone is 1. The standard InChI is InChI=1S/C18H20N2O3S/c1-4-6-16(21)23-12(3)17(22)20-18-19-15(11-24-18)14-9-7-13(5-2)8-10-14/h4,6-12H,5H2,1-3H3,(H,19,20,22)/b6-4+/t12-/m0/s1. The number of amides is 1. The summed E-state index contributed by atoms with van der Waals surface area (Å²) in [6.45, 7) is 5.33. The van der Waals surface area contributed by atoms with E-state index in [4.69, 9.17) is 4.74 Å². The first-order valence-corrected chi connectivity index (χ1v) is 8.60. The number of aryl methyl sites for hydroxylation is 1. The molecule has 2 aromatic rings. The van der Waals surface area contributed by atoms with Crippen molar-refractivity contribution in [2.75, 3.05) is 5.32 Å². The Morgan fingerprint density at radius 3 is 2.67 bits per heavy atom. The van der Waals surface area contributed by atoms with Crippen LogP contribution < -0.4 is 5.32 Å². The first-order valence-electron chi connectivity index (χ1n) is 7.72. The van der Waals surface area contributed by atoms with Crippen molar-refractivity contribution >= 4 is 28.3 Å². The number of benzene rings is 1. The van der Waals surface area contributed by atoms with Gasteiger partial charge in [0.1, 0.15) is 0 Å². The molecule has 5 nitrogen and oxygen atoms in total. The Balaban J connectivity index is 1.99. The lowest BCUT2D eigenvalue weighted by atomic mass is 10.1. The summed E-state index contributed by atoms with van der Waals surface area (Å²) in [5, 5.41) is 5.03.